The van der Waals surface area contributed by atoms with Gasteiger partial charge in [-0.1, -0.05) is 56.3 Å². The van der Waals surface area contributed by atoms with Gasteiger partial charge in [0.1, 0.15) is 5.69 Å². The molecule has 0 saturated carbocycles. The highest BCUT2D eigenvalue weighted by Gasteiger charge is 2.17. The Balaban J connectivity index is 1.78. The van der Waals surface area contributed by atoms with E-state index in [0.29, 0.717) is 11.6 Å². The predicted octanol–water partition coefficient (Wildman–Crippen LogP) is 3.84. The molecule has 0 radical (unpaired) electrons. The molecule has 1 atom stereocenters. The van der Waals surface area contributed by atoms with Gasteiger partial charge in [0.2, 0.25) is 0 Å². The largest absolute Gasteiger partial charge is 0.456 e. The standard InChI is InChI=1S/C22H27N3O5/c1-16(2)14-19(17-8-4-3-5-9-17)24-21(26)15-30-22(27)12-13-23-18-10-6-7-11-20(18)25(28)29/h3-11,16,19,23H,12-15H2,1-2H3,(H,24,26). The van der Waals surface area contributed by atoms with Gasteiger partial charge in [0, 0.05) is 12.6 Å². The zero-order valence-electron chi connectivity index (χ0n) is 17.2. The molecule has 2 aromatic rings. The van der Waals surface area contributed by atoms with Crippen LogP contribution in [0.2, 0.25) is 0 Å². The van der Waals surface area contributed by atoms with E-state index in [-0.39, 0.29) is 37.2 Å². The molecule has 0 aliphatic rings. The van der Waals surface area contributed by atoms with E-state index in [9.17, 15) is 19.7 Å². The third kappa shape index (κ3) is 7.54. The van der Waals surface area contributed by atoms with Crippen molar-refractivity contribution in [3.8, 4) is 0 Å². The molecule has 8 heteroatoms. The van der Waals surface area contributed by atoms with Crippen LogP contribution in [-0.4, -0.2) is 30.0 Å². The van der Waals surface area contributed by atoms with Crippen LogP contribution in [-0.2, 0) is 14.3 Å². The summed E-state index contributed by atoms with van der Waals surface area (Å²) in [4.78, 5) is 34.7. The van der Waals surface area contributed by atoms with Crippen LogP contribution in [0.5, 0.6) is 0 Å². The predicted molar refractivity (Wildman–Crippen MR) is 114 cm³/mol. The maximum atomic E-state index is 12.2. The van der Waals surface area contributed by atoms with Gasteiger partial charge >= 0.3 is 5.97 Å². The number of hydrogen-bond donors (Lipinski definition) is 2. The molecule has 8 nitrogen and oxygen atoms in total. The summed E-state index contributed by atoms with van der Waals surface area (Å²) >= 11 is 0. The molecule has 0 heterocycles. The first kappa shape index (κ1) is 22.9. The van der Waals surface area contributed by atoms with Gasteiger partial charge in [-0.25, -0.2) is 0 Å². The minimum absolute atomic E-state index is 0.0204. The number of nitro groups is 1. The van der Waals surface area contributed by atoms with Gasteiger partial charge in [-0.3, -0.25) is 19.7 Å². The first-order valence-electron chi connectivity index (χ1n) is 9.84. The average molecular weight is 413 g/mol. The fraction of sp³-hybridized carbons (Fsp3) is 0.364. The van der Waals surface area contributed by atoms with Crippen molar-refractivity contribution >= 4 is 23.3 Å². The highest BCUT2D eigenvalue weighted by Crippen LogP contribution is 2.23. The maximum Gasteiger partial charge on any atom is 0.308 e. The molecule has 30 heavy (non-hydrogen) atoms. The second-order valence-corrected chi connectivity index (χ2v) is 7.27. The molecule has 1 amide bonds. The summed E-state index contributed by atoms with van der Waals surface area (Å²) in [5.41, 5.74) is 1.26. The van der Waals surface area contributed by atoms with Gasteiger partial charge in [-0.15, -0.1) is 0 Å². The van der Waals surface area contributed by atoms with Gasteiger partial charge in [0.15, 0.2) is 6.61 Å². The number of ether oxygens (including phenoxy) is 1. The van der Waals surface area contributed by atoms with Crippen molar-refractivity contribution in [1.29, 1.82) is 0 Å². The molecule has 0 spiro atoms. The molecule has 2 rings (SSSR count). The number of nitro benzene ring substituents is 1. The van der Waals surface area contributed by atoms with Gasteiger partial charge in [0.25, 0.3) is 11.6 Å². The molecule has 0 saturated heterocycles. The summed E-state index contributed by atoms with van der Waals surface area (Å²) in [7, 11) is 0. The Bertz CT molecular complexity index is 855. The number of esters is 1. The van der Waals surface area contributed by atoms with Crippen LogP contribution in [0, 0.1) is 16.0 Å². The summed E-state index contributed by atoms with van der Waals surface area (Å²) in [6, 6.07) is 15.7. The summed E-state index contributed by atoms with van der Waals surface area (Å²) in [6.45, 7) is 3.94. The zero-order chi connectivity index (χ0) is 21.9. The third-order valence-electron chi connectivity index (χ3n) is 4.35. The minimum Gasteiger partial charge on any atom is -0.456 e. The Kier molecular flexibility index (Phi) is 8.80. The lowest BCUT2D eigenvalue weighted by Gasteiger charge is -2.21. The third-order valence-corrected chi connectivity index (χ3v) is 4.35. The zero-order valence-corrected chi connectivity index (χ0v) is 17.2. The van der Waals surface area contributed by atoms with Crippen LogP contribution in [0.4, 0.5) is 11.4 Å². The number of anilines is 1. The normalized spacial score (nSPS) is 11.6. The Morgan fingerprint density at radius 3 is 2.40 bits per heavy atom. The van der Waals surface area contributed by atoms with Crippen molar-refractivity contribution in [2.75, 3.05) is 18.5 Å². The minimum atomic E-state index is -0.559. The quantitative estimate of drug-likeness (QED) is 0.329. The lowest BCUT2D eigenvalue weighted by Crippen LogP contribution is -2.33. The average Bonchev–Trinajstić information content (AvgIpc) is 2.72. The number of benzene rings is 2. The molecule has 0 aromatic heterocycles. The molecule has 0 aliphatic heterocycles. The number of carbonyl (C=O) groups is 2. The molecule has 0 fully saturated rings. The van der Waals surface area contributed by atoms with Gasteiger partial charge < -0.3 is 15.4 Å². The van der Waals surface area contributed by atoms with E-state index in [4.69, 9.17) is 4.74 Å². The van der Waals surface area contributed by atoms with Crippen LogP contribution in [0.25, 0.3) is 0 Å². The van der Waals surface area contributed by atoms with E-state index in [1.807, 2.05) is 30.3 Å². The molecule has 1 unspecified atom stereocenters. The van der Waals surface area contributed by atoms with Crippen molar-refractivity contribution < 1.29 is 19.2 Å². The van der Waals surface area contributed by atoms with E-state index in [2.05, 4.69) is 24.5 Å². The lowest BCUT2D eigenvalue weighted by molar-refractivity contribution is -0.384. The van der Waals surface area contributed by atoms with E-state index in [1.54, 1.807) is 18.2 Å². The number of carbonyl (C=O) groups excluding carboxylic acids is 2. The Morgan fingerprint density at radius 1 is 1.07 bits per heavy atom. The first-order chi connectivity index (χ1) is 14.4. The monoisotopic (exact) mass is 413 g/mol. The molecule has 0 bridgehead atoms. The molecule has 2 N–H and O–H groups in total. The molecule has 2 aromatic carbocycles. The summed E-state index contributed by atoms with van der Waals surface area (Å²) < 4.78 is 5.04. The molecule has 0 aliphatic carbocycles. The lowest BCUT2D eigenvalue weighted by atomic mass is 9.97. The summed E-state index contributed by atoms with van der Waals surface area (Å²) in [6.07, 6.45) is 0.747. The highest BCUT2D eigenvalue weighted by molar-refractivity contribution is 5.81. The molecular formula is C22H27N3O5. The number of para-hydroxylation sites is 2. The molecule has 160 valence electrons. The van der Waals surface area contributed by atoms with E-state index in [1.165, 1.54) is 6.07 Å². The van der Waals surface area contributed by atoms with Gasteiger partial charge in [-0.05, 0) is 24.0 Å². The van der Waals surface area contributed by atoms with Crippen molar-refractivity contribution in [2.45, 2.75) is 32.7 Å². The van der Waals surface area contributed by atoms with Gasteiger partial charge in [0.05, 0.1) is 17.4 Å². The van der Waals surface area contributed by atoms with E-state index < -0.39 is 10.9 Å². The van der Waals surface area contributed by atoms with Crippen LogP contribution >= 0.6 is 0 Å². The van der Waals surface area contributed by atoms with Crippen molar-refractivity contribution in [3.63, 3.8) is 0 Å². The second kappa shape index (κ2) is 11.5. The topological polar surface area (TPSA) is 111 Å². The summed E-state index contributed by atoms with van der Waals surface area (Å²) in [5, 5.41) is 16.7. The van der Waals surface area contributed by atoms with Crippen molar-refractivity contribution in [1.82, 2.24) is 5.32 Å². The van der Waals surface area contributed by atoms with E-state index >= 15 is 0 Å². The fourth-order valence-electron chi connectivity index (χ4n) is 2.97. The first-order valence-corrected chi connectivity index (χ1v) is 9.84. The molecular weight excluding hydrogens is 386 g/mol. The number of rotatable bonds is 11. The van der Waals surface area contributed by atoms with E-state index in [0.717, 1.165) is 12.0 Å². The Morgan fingerprint density at radius 2 is 1.73 bits per heavy atom. The Hall–Kier alpha value is -3.42. The van der Waals surface area contributed by atoms with Crippen LogP contribution in [0.15, 0.2) is 54.6 Å². The maximum absolute atomic E-state index is 12.2. The SMILES string of the molecule is CC(C)CC(NC(=O)COC(=O)CCNc1ccccc1[N+](=O)[O-])c1ccccc1. The fourth-order valence-corrected chi connectivity index (χ4v) is 2.97. The van der Waals surface area contributed by atoms with Crippen molar-refractivity contribution in [2.24, 2.45) is 5.92 Å². The Labute approximate surface area is 175 Å². The highest BCUT2D eigenvalue weighted by atomic mass is 16.6. The smallest absolute Gasteiger partial charge is 0.308 e. The van der Waals surface area contributed by atoms with Crippen molar-refractivity contribution in [3.05, 3.63) is 70.3 Å². The number of nitrogens with zero attached hydrogens (tertiary/aromatic N) is 1. The van der Waals surface area contributed by atoms with Gasteiger partial charge in [-0.2, -0.15) is 0 Å². The van der Waals surface area contributed by atoms with Crippen LogP contribution < -0.4 is 10.6 Å². The second-order valence-electron chi connectivity index (χ2n) is 7.27. The summed E-state index contributed by atoms with van der Waals surface area (Å²) in [5.74, 6) is -0.549. The van der Waals surface area contributed by atoms with Crippen LogP contribution in [0.1, 0.15) is 38.3 Å². The number of amides is 1. The number of nitrogens with one attached hydrogen (secondary N) is 2. The number of hydrogen-bond acceptors (Lipinski definition) is 6. The van der Waals surface area contributed by atoms with Crippen LogP contribution in [0.3, 0.4) is 0 Å².